The van der Waals surface area contributed by atoms with Gasteiger partial charge in [-0.05, 0) is 7.05 Å². The van der Waals surface area contributed by atoms with Crippen LogP contribution >= 0.6 is 0 Å². The summed E-state index contributed by atoms with van der Waals surface area (Å²) in [7, 11) is -3.78. The van der Waals surface area contributed by atoms with Crippen LogP contribution in [-0.4, -0.2) is 286 Å². The van der Waals surface area contributed by atoms with Crippen LogP contribution in [0.2, 0.25) is 0 Å². The summed E-state index contributed by atoms with van der Waals surface area (Å²) in [4.78, 5) is 49.7. The van der Waals surface area contributed by atoms with E-state index in [0.29, 0.717) is 0 Å². The van der Waals surface area contributed by atoms with Crippen LogP contribution in [0.15, 0.2) is 0 Å². The van der Waals surface area contributed by atoms with Gasteiger partial charge in [-0.15, -0.1) is 0 Å². The number of nitrogens with one attached hydrogen (secondary N) is 5. The molecule has 422 valence electrons. The Kier molecular flexibility index (Phi) is 21.9. The Bertz CT molecular complexity index is 1950. The molecule has 4 amide bonds. The van der Waals surface area contributed by atoms with E-state index in [0.717, 1.165) is 27.7 Å². The lowest BCUT2D eigenvalue weighted by Gasteiger charge is -2.51. The van der Waals surface area contributed by atoms with Gasteiger partial charge in [-0.3, -0.25) is 23.7 Å². The molecule has 0 aromatic rings. The molecule has 5 saturated heterocycles. The molecule has 0 aromatic heterocycles. The Hall–Kier alpha value is -3.09. The number of hydrogen-bond acceptors (Lipinski definition) is 28. The summed E-state index contributed by atoms with van der Waals surface area (Å²) in [6.07, 6.45) is -35.7. The molecule has 0 radical (unpaired) electrons. The van der Waals surface area contributed by atoms with Gasteiger partial charge in [0.15, 0.2) is 31.5 Å². The van der Waals surface area contributed by atoms with Crippen molar-refractivity contribution in [3.8, 4) is 0 Å². The molecule has 25 atom stereocenters. The van der Waals surface area contributed by atoms with E-state index in [1.54, 1.807) is 0 Å². The summed E-state index contributed by atoms with van der Waals surface area (Å²) < 4.78 is 89.5. The fraction of sp³-hybridized carbons (Fsp3) is 0.897. The highest BCUT2D eigenvalue weighted by Gasteiger charge is 2.57. The van der Waals surface area contributed by atoms with Crippen LogP contribution in [0.5, 0.6) is 0 Å². The predicted octanol–water partition coefficient (Wildman–Crippen LogP) is -11.3. The van der Waals surface area contributed by atoms with Gasteiger partial charge in [0, 0.05) is 27.7 Å². The first kappa shape index (κ1) is 60.8. The fourth-order valence-corrected chi connectivity index (χ4v) is 9.43. The van der Waals surface area contributed by atoms with Gasteiger partial charge in [0.2, 0.25) is 23.6 Å². The first-order chi connectivity index (χ1) is 34.3. The van der Waals surface area contributed by atoms with E-state index in [1.165, 1.54) is 7.05 Å². The second kappa shape index (κ2) is 26.3. The van der Waals surface area contributed by atoms with Gasteiger partial charge in [-0.1, -0.05) is 0 Å². The third-order valence-corrected chi connectivity index (χ3v) is 12.9. The van der Waals surface area contributed by atoms with Crippen LogP contribution in [0.1, 0.15) is 27.7 Å². The molecule has 5 aliphatic rings. The smallest absolute Gasteiger partial charge is 0.394 e. The molecule has 0 spiro atoms. The molecule has 5 rings (SSSR count). The van der Waals surface area contributed by atoms with E-state index in [9.17, 15) is 88.3 Å². The average molecular weight is 1090 g/mol. The van der Waals surface area contributed by atoms with Gasteiger partial charge in [-0.25, -0.2) is 4.18 Å². The molecule has 1 unspecified atom stereocenters. The third kappa shape index (κ3) is 14.7. The Balaban J connectivity index is 1.40. The van der Waals surface area contributed by atoms with Crippen molar-refractivity contribution in [2.24, 2.45) is 0 Å². The van der Waals surface area contributed by atoms with Crippen molar-refractivity contribution in [2.75, 3.05) is 40.1 Å². The zero-order valence-electron chi connectivity index (χ0n) is 39.8. The third-order valence-electron chi connectivity index (χ3n) is 12.5. The van der Waals surface area contributed by atoms with Crippen molar-refractivity contribution >= 4 is 34.0 Å². The highest BCUT2D eigenvalue weighted by atomic mass is 32.3. The van der Waals surface area contributed by atoms with Crippen LogP contribution in [-0.2, 0) is 76.4 Å². The number of carbonyl (C=O) groups excluding carboxylic acids is 4. The maximum Gasteiger partial charge on any atom is 0.397 e. The molecule has 0 bridgehead atoms. The van der Waals surface area contributed by atoms with E-state index in [1.807, 2.05) is 0 Å². The molecule has 34 heteroatoms. The van der Waals surface area contributed by atoms with Crippen LogP contribution in [0.4, 0.5) is 0 Å². The largest absolute Gasteiger partial charge is 0.397 e. The fourth-order valence-electron chi connectivity index (χ4n) is 9.12. The van der Waals surface area contributed by atoms with Gasteiger partial charge < -0.3 is 125 Å². The lowest BCUT2D eigenvalue weighted by atomic mass is 9.93. The minimum atomic E-state index is -5.17. The first-order valence-corrected chi connectivity index (χ1v) is 24.1. The van der Waals surface area contributed by atoms with E-state index < -0.39 is 220 Å². The van der Waals surface area contributed by atoms with Crippen molar-refractivity contribution in [3.63, 3.8) is 0 Å². The summed E-state index contributed by atoms with van der Waals surface area (Å²) in [5, 5.41) is 132. The summed E-state index contributed by atoms with van der Waals surface area (Å²) in [6, 6.07) is -8.01. The first-order valence-electron chi connectivity index (χ1n) is 22.8. The quantitative estimate of drug-likeness (QED) is 0.0503. The minimum absolute atomic E-state index is 0.763. The number of carbonyl (C=O) groups is 4. The summed E-state index contributed by atoms with van der Waals surface area (Å²) >= 11 is 0. The van der Waals surface area contributed by atoms with Crippen molar-refractivity contribution in [3.05, 3.63) is 0 Å². The Morgan fingerprint density at radius 1 is 0.438 bits per heavy atom. The second-order valence-corrected chi connectivity index (χ2v) is 18.8. The summed E-state index contributed by atoms with van der Waals surface area (Å²) in [6.45, 7) is -0.779. The standard InChI is InChI=1S/C39H67N5O28S/c1-11(49)41-20-27(55)34(19(64-35(20)59)10-63-73(60,61)62)72-39-24(44-14(4)52)30(58)33(18(9-48)68-39)71-38-23(43-13(3)51)29(57)32(17(8-47)67-38)70-37-22(42-12(2)50)28(56)31(16(7-46)66-37)69-36-21(40-5)26(54)25(53)15(6-45)65-36/h15-40,45-48,53-59H,6-10H2,1-5H3,(H,41,49)(H,42,50)(H,43,51)(H,44,52)(H,60,61,62)/t15-,16-,17-,18-,19-,20-,21-,22-,23-,24-,25-,26-,27-,28-,29-,30-,31-,32-,33-,34-,35?,36+,37+,38+,39+/m1/s1. The molecule has 17 N–H and O–H groups in total. The molecule has 5 fully saturated rings. The maximum absolute atomic E-state index is 12.7. The lowest BCUT2D eigenvalue weighted by molar-refractivity contribution is -0.367. The van der Waals surface area contributed by atoms with Crippen molar-refractivity contribution in [1.82, 2.24) is 26.6 Å². The van der Waals surface area contributed by atoms with Crippen LogP contribution in [0.3, 0.4) is 0 Å². The van der Waals surface area contributed by atoms with Gasteiger partial charge >= 0.3 is 10.4 Å². The molecule has 33 nitrogen and oxygen atoms in total. The van der Waals surface area contributed by atoms with Gasteiger partial charge in [0.1, 0.15) is 116 Å². The number of aliphatic hydroxyl groups is 11. The molecule has 0 aliphatic carbocycles. The Morgan fingerprint density at radius 3 is 1.05 bits per heavy atom. The Labute approximate surface area is 416 Å². The van der Waals surface area contributed by atoms with Crippen molar-refractivity contribution in [2.45, 2.75) is 181 Å². The SMILES string of the molecule is CN[C@H]1[C@H](O[C@H]2[C@H](O)[C@@H](NC(C)=O)[C@H](O[C@H]3[C@H](O)[C@@H](NC(C)=O)[C@H](O[C@H]4[C@H](O)[C@@H](NC(C)=O)[C@H](O[C@H]5[C@H](O)[C@@H](NC(C)=O)C(O)O[C@@H]5COS(=O)(=O)O)O[C@@H]4CO)O[C@@H]3CO)O[C@@H]2CO)O[C@H](CO)[C@@H](O)[C@@H]1O. The minimum Gasteiger partial charge on any atom is -0.394 e. The van der Waals surface area contributed by atoms with Crippen molar-refractivity contribution < 1.29 is 135 Å². The van der Waals surface area contributed by atoms with E-state index in [4.69, 9.17) is 42.6 Å². The molecule has 73 heavy (non-hydrogen) atoms. The second-order valence-electron chi connectivity index (χ2n) is 17.7. The molecule has 0 saturated carbocycles. The number of aliphatic hydroxyl groups excluding tert-OH is 11. The van der Waals surface area contributed by atoms with Gasteiger partial charge in [0.25, 0.3) is 0 Å². The van der Waals surface area contributed by atoms with E-state index in [-0.39, 0.29) is 0 Å². The maximum atomic E-state index is 12.7. The molecule has 5 aliphatic heterocycles. The molecular formula is C39H67N5O28S. The normalized spacial score (nSPS) is 43.4. The van der Waals surface area contributed by atoms with Crippen LogP contribution < -0.4 is 26.6 Å². The van der Waals surface area contributed by atoms with Crippen molar-refractivity contribution in [1.29, 1.82) is 0 Å². The zero-order chi connectivity index (χ0) is 54.4. The lowest BCUT2D eigenvalue weighted by Crippen LogP contribution is -2.72. The molecular weight excluding hydrogens is 1020 g/mol. The number of likely N-dealkylation sites (N-methyl/N-ethyl adjacent to an activating group) is 1. The molecule has 5 heterocycles. The topological polar surface area (TPSA) is 498 Å². The van der Waals surface area contributed by atoms with Crippen LogP contribution in [0.25, 0.3) is 0 Å². The van der Waals surface area contributed by atoms with E-state index in [2.05, 4.69) is 30.8 Å². The van der Waals surface area contributed by atoms with E-state index >= 15 is 0 Å². The zero-order valence-corrected chi connectivity index (χ0v) is 40.6. The summed E-state index contributed by atoms with van der Waals surface area (Å²) in [5.41, 5.74) is 0. The number of amides is 4. The van der Waals surface area contributed by atoms with Gasteiger partial charge in [-0.2, -0.15) is 8.42 Å². The average Bonchev–Trinajstić information content (AvgIpc) is 3.31. The number of hydrogen-bond donors (Lipinski definition) is 17. The highest BCUT2D eigenvalue weighted by molar-refractivity contribution is 7.80. The molecule has 0 aromatic carbocycles. The predicted molar refractivity (Wildman–Crippen MR) is 230 cm³/mol. The summed E-state index contributed by atoms with van der Waals surface area (Å²) in [5.74, 6) is -3.24. The number of rotatable bonds is 20. The highest BCUT2D eigenvalue weighted by Crippen LogP contribution is 2.36. The van der Waals surface area contributed by atoms with Crippen LogP contribution in [0, 0.1) is 0 Å². The monoisotopic (exact) mass is 1090 g/mol. The Morgan fingerprint density at radius 2 is 0.740 bits per heavy atom. The van der Waals surface area contributed by atoms with Gasteiger partial charge in [0.05, 0.1) is 39.1 Å². The number of ether oxygens (including phenoxy) is 9.